The standard InChI is InChI=1S/C15H10NO2/c1-10-6-7-15(18-10)14-8-11(9-17)12-4-2-3-5-13(12)16-14/h2-8H,1H3. The zero-order chi connectivity index (χ0) is 12.5. The van der Waals surface area contributed by atoms with Crippen molar-refractivity contribution in [1.82, 2.24) is 4.98 Å². The van der Waals surface area contributed by atoms with E-state index in [0.29, 0.717) is 17.0 Å². The van der Waals surface area contributed by atoms with Crippen LogP contribution in [0.25, 0.3) is 22.4 Å². The summed E-state index contributed by atoms with van der Waals surface area (Å²) >= 11 is 0. The summed E-state index contributed by atoms with van der Waals surface area (Å²) in [7, 11) is 0. The molecule has 0 amide bonds. The van der Waals surface area contributed by atoms with Gasteiger partial charge in [-0.15, -0.1) is 0 Å². The Morgan fingerprint density at radius 1 is 1.17 bits per heavy atom. The maximum atomic E-state index is 11.0. The fourth-order valence-corrected chi connectivity index (χ4v) is 1.96. The Kier molecular flexibility index (Phi) is 2.45. The summed E-state index contributed by atoms with van der Waals surface area (Å²) in [6, 6.07) is 12.9. The number of fused-ring (bicyclic) bond motifs is 1. The number of benzene rings is 1. The predicted molar refractivity (Wildman–Crippen MR) is 69.0 cm³/mol. The number of nitrogens with zero attached hydrogens (tertiary/aromatic N) is 1. The van der Waals surface area contributed by atoms with Crippen LogP contribution in [0.5, 0.6) is 0 Å². The molecule has 0 fully saturated rings. The van der Waals surface area contributed by atoms with Gasteiger partial charge in [0.2, 0.25) is 6.29 Å². The van der Waals surface area contributed by atoms with E-state index in [4.69, 9.17) is 4.42 Å². The Hall–Kier alpha value is -2.42. The molecule has 2 aromatic heterocycles. The monoisotopic (exact) mass is 236 g/mol. The number of aromatic nitrogens is 1. The molecule has 0 aliphatic carbocycles. The normalized spacial score (nSPS) is 10.7. The molecule has 18 heavy (non-hydrogen) atoms. The van der Waals surface area contributed by atoms with E-state index in [-0.39, 0.29) is 0 Å². The van der Waals surface area contributed by atoms with Crippen molar-refractivity contribution >= 4 is 17.2 Å². The molecule has 3 aromatic rings. The van der Waals surface area contributed by atoms with Gasteiger partial charge in [-0.25, -0.2) is 4.98 Å². The largest absolute Gasteiger partial charge is 0.460 e. The zero-order valence-electron chi connectivity index (χ0n) is 9.81. The van der Waals surface area contributed by atoms with Gasteiger partial charge in [-0.2, -0.15) is 0 Å². The SMILES string of the molecule is Cc1ccc(-c2cc([C]=O)c3ccccc3n2)o1. The van der Waals surface area contributed by atoms with Crippen LogP contribution in [0.15, 0.2) is 46.9 Å². The van der Waals surface area contributed by atoms with Crippen molar-refractivity contribution in [3.05, 3.63) is 53.8 Å². The Labute approximate surface area is 104 Å². The number of para-hydroxylation sites is 1. The van der Waals surface area contributed by atoms with Crippen molar-refractivity contribution in [1.29, 1.82) is 0 Å². The first-order valence-electron chi connectivity index (χ1n) is 5.62. The summed E-state index contributed by atoms with van der Waals surface area (Å²) in [5.74, 6) is 1.48. The van der Waals surface area contributed by atoms with Gasteiger partial charge < -0.3 is 4.42 Å². The number of hydrogen-bond donors (Lipinski definition) is 0. The minimum absolute atomic E-state index is 0.504. The fourth-order valence-electron chi connectivity index (χ4n) is 1.96. The van der Waals surface area contributed by atoms with Crippen molar-refractivity contribution in [2.75, 3.05) is 0 Å². The second-order valence-corrected chi connectivity index (χ2v) is 4.08. The molecule has 0 atom stereocenters. The molecule has 0 spiro atoms. The molecule has 0 N–H and O–H groups in total. The minimum Gasteiger partial charge on any atom is -0.460 e. The number of furan rings is 1. The first-order valence-corrected chi connectivity index (χ1v) is 5.62. The van der Waals surface area contributed by atoms with Crippen molar-refractivity contribution in [3.8, 4) is 11.5 Å². The lowest BCUT2D eigenvalue weighted by molar-refractivity contribution is 0.546. The molecule has 2 heterocycles. The number of pyridine rings is 1. The van der Waals surface area contributed by atoms with Gasteiger partial charge >= 0.3 is 0 Å². The van der Waals surface area contributed by atoms with Crippen LogP contribution in [0, 0.1) is 6.92 Å². The van der Waals surface area contributed by atoms with E-state index in [9.17, 15) is 4.79 Å². The first kappa shape index (κ1) is 10.7. The van der Waals surface area contributed by atoms with Gasteiger partial charge in [0.1, 0.15) is 11.5 Å². The molecular formula is C15H10NO2. The summed E-state index contributed by atoms with van der Waals surface area (Å²) < 4.78 is 5.53. The molecule has 87 valence electrons. The lowest BCUT2D eigenvalue weighted by Crippen LogP contribution is -1.90. The summed E-state index contributed by atoms with van der Waals surface area (Å²) in [6.45, 7) is 1.87. The average Bonchev–Trinajstić information content (AvgIpc) is 2.84. The van der Waals surface area contributed by atoms with E-state index in [1.54, 1.807) is 6.07 Å². The minimum atomic E-state index is 0.504. The van der Waals surface area contributed by atoms with Gasteiger partial charge in [0.25, 0.3) is 0 Å². The van der Waals surface area contributed by atoms with Crippen LogP contribution in [0.4, 0.5) is 0 Å². The van der Waals surface area contributed by atoms with Crippen molar-refractivity contribution in [3.63, 3.8) is 0 Å². The molecule has 0 saturated carbocycles. The summed E-state index contributed by atoms with van der Waals surface area (Å²) in [5.41, 5.74) is 1.92. The highest BCUT2D eigenvalue weighted by molar-refractivity contribution is 5.97. The van der Waals surface area contributed by atoms with E-state index < -0.39 is 0 Å². The molecule has 3 nitrogen and oxygen atoms in total. The van der Waals surface area contributed by atoms with Gasteiger partial charge in [-0.3, -0.25) is 4.79 Å². The third-order valence-electron chi connectivity index (χ3n) is 2.82. The maximum Gasteiger partial charge on any atom is 0.234 e. The molecule has 3 rings (SSSR count). The Morgan fingerprint density at radius 2 is 2.00 bits per heavy atom. The number of rotatable bonds is 2. The van der Waals surface area contributed by atoms with Gasteiger partial charge in [-0.05, 0) is 31.2 Å². The zero-order valence-corrected chi connectivity index (χ0v) is 9.81. The van der Waals surface area contributed by atoms with Crippen molar-refractivity contribution in [2.45, 2.75) is 6.92 Å². The second-order valence-electron chi connectivity index (χ2n) is 4.08. The van der Waals surface area contributed by atoms with E-state index in [1.165, 1.54) is 0 Å². The van der Waals surface area contributed by atoms with Crippen molar-refractivity contribution in [2.24, 2.45) is 0 Å². The Morgan fingerprint density at radius 3 is 2.72 bits per heavy atom. The Balaban J connectivity index is 2.28. The van der Waals surface area contributed by atoms with Gasteiger partial charge in [0.15, 0.2) is 5.76 Å². The number of aryl methyl sites for hydroxylation is 1. The smallest absolute Gasteiger partial charge is 0.234 e. The van der Waals surface area contributed by atoms with Crippen LogP contribution in [0.2, 0.25) is 0 Å². The van der Waals surface area contributed by atoms with E-state index in [1.807, 2.05) is 49.6 Å². The highest BCUT2D eigenvalue weighted by Gasteiger charge is 2.09. The topological polar surface area (TPSA) is 43.1 Å². The summed E-state index contributed by atoms with van der Waals surface area (Å²) in [6.07, 6.45) is 1.96. The first-order chi connectivity index (χ1) is 8.78. The fraction of sp³-hybridized carbons (Fsp3) is 0.0667. The molecule has 0 saturated heterocycles. The van der Waals surface area contributed by atoms with Crippen LogP contribution in [-0.4, -0.2) is 11.3 Å². The van der Waals surface area contributed by atoms with Crippen LogP contribution >= 0.6 is 0 Å². The predicted octanol–water partition coefficient (Wildman–Crippen LogP) is 3.26. The van der Waals surface area contributed by atoms with Crippen molar-refractivity contribution < 1.29 is 9.21 Å². The molecule has 1 aromatic carbocycles. The molecule has 0 aliphatic rings. The number of carbonyl (C=O) groups excluding carboxylic acids is 1. The third-order valence-corrected chi connectivity index (χ3v) is 2.82. The number of hydrogen-bond acceptors (Lipinski definition) is 3. The van der Waals surface area contributed by atoms with Crippen LogP contribution in [0.1, 0.15) is 11.3 Å². The van der Waals surface area contributed by atoms with Crippen LogP contribution in [-0.2, 0) is 4.79 Å². The highest BCUT2D eigenvalue weighted by atomic mass is 16.3. The molecular weight excluding hydrogens is 226 g/mol. The summed E-state index contributed by atoms with van der Waals surface area (Å²) in [4.78, 5) is 15.5. The lowest BCUT2D eigenvalue weighted by atomic mass is 10.1. The summed E-state index contributed by atoms with van der Waals surface area (Å²) in [5, 5.41) is 0.805. The average molecular weight is 236 g/mol. The van der Waals surface area contributed by atoms with Gasteiger partial charge in [0.05, 0.1) is 5.52 Å². The quantitative estimate of drug-likeness (QED) is 0.685. The maximum absolute atomic E-state index is 11.0. The van der Waals surface area contributed by atoms with E-state index in [2.05, 4.69) is 4.98 Å². The van der Waals surface area contributed by atoms with Gasteiger partial charge in [-0.1, -0.05) is 18.2 Å². The second kappa shape index (κ2) is 4.11. The van der Waals surface area contributed by atoms with Gasteiger partial charge in [0, 0.05) is 10.9 Å². The molecule has 0 unspecified atom stereocenters. The van der Waals surface area contributed by atoms with Crippen LogP contribution < -0.4 is 0 Å². The molecule has 3 heteroatoms. The molecule has 1 radical (unpaired) electrons. The Bertz CT molecular complexity index is 728. The molecule has 0 bridgehead atoms. The van der Waals surface area contributed by atoms with E-state index >= 15 is 0 Å². The highest BCUT2D eigenvalue weighted by Crippen LogP contribution is 2.25. The third kappa shape index (κ3) is 1.70. The van der Waals surface area contributed by atoms with Crippen LogP contribution in [0.3, 0.4) is 0 Å². The molecule has 0 aliphatic heterocycles. The van der Waals surface area contributed by atoms with E-state index in [0.717, 1.165) is 16.7 Å². The lowest BCUT2D eigenvalue weighted by Gasteiger charge is -2.03.